The number of carbonyl (C=O) groups is 1. The molecule has 5 heteroatoms. The summed E-state index contributed by atoms with van der Waals surface area (Å²) in [4.78, 5) is 22.1. The molecule has 0 radical (unpaired) electrons. The third-order valence-corrected chi connectivity index (χ3v) is 3.57. The summed E-state index contributed by atoms with van der Waals surface area (Å²) in [5.41, 5.74) is 1.21. The lowest BCUT2D eigenvalue weighted by Gasteiger charge is -2.26. The van der Waals surface area contributed by atoms with E-state index in [1.165, 1.54) is 0 Å². The molecule has 0 aliphatic carbocycles. The normalized spacial score (nSPS) is 18.2. The molecule has 0 aromatic carbocycles. The first-order valence-corrected chi connectivity index (χ1v) is 6.63. The van der Waals surface area contributed by atoms with Crippen LogP contribution in [0.15, 0.2) is 42.7 Å². The number of pyridine rings is 2. The van der Waals surface area contributed by atoms with Crippen LogP contribution in [0.5, 0.6) is 0 Å². The number of hydrogen-bond donors (Lipinski definition) is 1. The third kappa shape index (κ3) is 2.22. The largest absolute Gasteiger partial charge is 0.478 e. The number of nitrogens with zero attached hydrogens (tertiary/aromatic N) is 3. The Hall–Kier alpha value is -2.43. The zero-order valence-electron chi connectivity index (χ0n) is 10.9. The molecule has 2 aromatic rings. The van der Waals surface area contributed by atoms with Crippen molar-refractivity contribution in [2.45, 2.75) is 18.9 Å². The second kappa shape index (κ2) is 5.28. The van der Waals surface area contributed by atoms with Crippen LogP contribution < -0.4 is 4.90 Å². The first kappa shape index (κ1) is 12.6. The minimum Gasteiger partial charge on any atom is -0.478 e. The van der Waals surface area contributed by atoms with E-state index < -0.39 is 5.97 Å². The van der Waals surface area contributed by atoms with Gasteiger partial charge in [0.2, 0.25) is 0 Å². The molecule has 1 fully saturated rings. The van der Waals surface area contributed by atoms with Crippen LogP contribution in [0.4, 0.5) is 5.82 Å². The Balaban J connectivity index is 1.99. The van der Waals surface area contributed by atoms with E-state index in [1.807, 2.05) is 23.1 Å². The van der Waals surface area contributed by atoms with E-state index >= 15 is 0 Å². The van der Waals surface area contributed by atoms with Gasteiger partial charge >= 0.3 is 5.97 Å². The summed E-state index contributed by atoms with van der Waals surface area (Å²) in [5.74, 6) is -0.409. The number of anilines is 1. The maximum Gasteiger partial charge on any atom is 0.339 e. The predicted molar refractivity (Wildman–Crippen MR) is 74.8 cm³/mol. The average Bonchev–Trinajstić information content (AvgIpc) is 2.97. The summed E-state index contributed by atoms with van der Waals surface area (Å²) in [5, 5.41) is 9.30. The third-order valence-electron chi connectivity index (χ3n) is 3.57. The summed E-state index contributed by atoms with van der Waals surface area (Å²) < 4.78 is 0. The van der Waals surface area contributed by atoms with Gasteiger partial charge in [-0.05, 0) is 37.1 Å². The molecular weight excluding hydrogens is 254 g/mol. The summed E-state index contributed by atoms with van der Waals surface area (Å²) >= 11 is 0. The van der Waals surface area contributed by atoms with Gasteiger partial charge in [-0.2, -0.15) is 0 Å². The summed E-state index contributed by atoms with van der Waals surface area (Å²) in [6, 6.07) is 9.16. The van der Waals surface area contributed by atoms with Gasteiger partial charge in [-0.3, -0.25) is 4.98 Å². The number of aromatic carboxylic acids is 1. The molecule has 102 valence electrons. The van der Waals surface area contributed by atoms with Gasteiger partial charge in [0.15, 0.2) is 0 Å². The Morgan fingerprint density at radius 2 is 2.05 bits per heavy atom. The number of carboxylic acid groups (broad SMARTS) is 1. The molecule has 1 atom stereocenters. The number of carboxylic acids is 1. The molecule has 2 aromatic heterocycles. The van der Waals surface area contributed by atoms with E-state index in [0.29, 0.717) is 5.82 Å². The number of rotatable bonds is 3. The van der Waals surface area contributed by atoms with Gasteiger partial charge in [0, 0.05) is 18.9 Å². The van der Waals surface area contributed by atoms with Crippen LogP contribution >= 0.6 is 0 Å². The average molecular weight is 269 g/mol. The monoisotopic (exact) mass is 269 g/mol. The maximum absolute atomic E-state index is 11.3. The second-order valence-corrected chi connectivity index (χ2v) is 4.79. The molecule has 1 aliphatic heterocycles. The van der Waals surface area contributed by atoms with Crippen LogP contribution in [-0.2, 0) is 0 Å². The fourth-order valence-electron chi connectivity index (χ4n) is 2.69. The van der Waals surface area contributed by atoms with Crippen LogP contribution in [0.1, 0.15) is 34.9 Å². The lowest BCUT2D eigenvalue weighted by molar-refractivity contribution is 0.0697. The molecule has 20 heavy (non-hydrogen) atoms. The fourth-order valence-corrected chi connectivity index (χ4v) is 2.69. The molecule has 0 saturated carbocycles. The minimum absolute atomic E-state index is 0.101. The Bertz CT molecular complexity index is 616. The molecule has 0 amide bonds. The highest BCUT2D eigenvalue weighted by Gasteiger charge is 2.30. The van der Waals surface area contributed by atoms with Crippen molar-refractivity contribution in [3.05, 3.63) is 54.0 Å². The van der Waals surface area contributed by atoms with Crippen LogP contribution in [-0.4, -0.2) is 27.6 Å². The van der Waals surface area contributed by atoms with Crippen molar-refractivity contribution in [2.75, 3.05) is 11.4 Å². The van der Waals surface area contributed by atoms with Crippen molar-refractivity contribution in [3.63, 3.8) is 0 Å². The second-order valence-electron chi connectivity index (χ2n) is 4.79. The van der Waals surface area contributed by atoms with Crippen LogP contribution in [0.25, 0.3) is 0 Å². The molecular formula is C15H15N3O2. The summed E-state index contributed by atoms with van der Waals surface area (Å²) in [7, 11) is 0. The SMILES string of the molecule is O=C(O)c1cccnc1N1CCC[C@H]1c1ccccn1. The van der Waals surface area contributed by atoms with E-state index in [2.05, 4.69) is 9.97 Å². The van der Waals surface area contributed by atoms with Gasteiger partial charge < -0.3 is 10.0 Å². The van der Waals surface area contributed by atoms with Crippen molar-refractivity contribution in [1.82, 2.24) is 9.97 Å². The fraction of sp³-hybridized carbons (Fsp3) is 0.267. The first-order valence-electron chi connectivity index (χ1n) is 6.63. The van der Waals surface area contributed by atoms with E-state index in [-0.39, 0.29) is 11.6 Å². The molecule has 3 heterocycles. The molecule has 0 spiro atoms. The van der Waals surface area contributed by atoms with E-state index in [1.54, 1.807) is 24.5 Å². The Morgan fingerprint density at radius 1 is 1.20 bits per heavy atom. The van der Waals surface area contributed by atoms with Crippen molar-refractivity contribution in [2.24, 2.45) is 0 Å². The van der Waals surface area contributed by atoms with Crippen molar-refractivity contribution < 1.29 is 9.90 Å². The van der Waals surface area contributed by atoms with E-state index in [4.69, 9.17) is 0 Å². The molecule has 5 nitrogen and oxygen atoms in total. The van der Waals surface area contributed by atoms with Crippen LogP contribution in [0, 0.1) is 0 Å². The van der Waals surface area contributed by atoms with Crippen molar-refractivity contribution in [3.8, 4) is 0 Å². The number of hydrogen-bond acceptors (Lipinski definition) is 4. The lowest BCUT2D eigenvalue weighted by Crippen LogP contribution is -2.26. The zero-order chi connectivity index (χ0) is 13.9. The minimum atomic E-state index is -0.945. The van der Waals surface area contributed by atoms with Crippen LogP contribution in [0.2, 0.25) is 0 Å². The van der Waals surface area contributed by atoms with Crippen molar-refractivity contribution >= 4 is 11.8 Å². The Labute approximate surface area is 116 Å². The van der Waals surface area contributed by atoms with Crippen LogP contribution in [0.3, 0.4) is 0 Å². The molecule has 3 rings (SSSR count). The van der Waals surface area contributed by atoms with Crippen molar-refractivity contribution in [1.29, 1.82) is 0 Å². The quantitative estimate of drug-likeness (QED) is 0.927. The summed E-state index contributed by atoms with van der Waals surface area (Å²) in [6.45, 7) is 0.804. The Kier molecular flexibility index (Phi) is 3.33. The highest BCUT2D eigenvalue weighted by Crippen LogP contribution is 2.35. The molecule has 1 aliphatic rings. The molecule has 0 unspecified atom stereocenters. The predicted octanol–water partition coefficient (Wildman–Crippen LogP) is 2.52. The first-order chi connectivity index (χ1) is 9.77. The van der Waals surface area contributed by atoms with E-state index in [0.717, 1.165) is 25.1 Å². The highest BCUT2D eigenvalue weighted by molar-refractivity contribution is 5.93. The van der Waals surface area contributed by atoms with Gasteiger partial charge in [0.05, 0.1) is 11.7 Å². The smallest absolute Gasteiger partial charge is 0.339 e. The van der Waals surface area contributed by atoms with Gasteiger partial charge in [0.1, 0.15) is 11.4 Å². The Morgan fingerprint density at radius 3 is 2.80 bits per heavy atom. The van der Waals surface area contributed by atoms with Gasteiger partial charge in [0.25, 0.3) is 0 Å². The highest BCUT2D eigenvalue weighted by atomic mass is 16.4. The lowest BCUT2D eigenvalue weighted by atomic mass is 10.1. The number of aromatic nitrogens is 2. The molecule has 1 saturated heterocycles. The topological polar surface area (TPSA) is 66.3 Å². The van der Waals surface area contributed by atoms with E-state index in [9.17, 15) is 9.90 Å². The molecule has 0 bridgehead atoms. The summed E-state index contributed by atoms with van der Waals surface area (Å²) in [6.07, 6.45) is 5.38. The zero-order valence-corrected chi connectivity index (χ0v) is 10.9. The maximum atomic E-state index is 11.3. The molecule has 1 N–H and O–H groups in total. The van der Waals surface area contributed by atoms with Gasteiger partial charge in [-0.25, -0.2) is 9.78 Å². The standard InChI is InChI=1S/C15H15N3O2/c19-15(20)11-5-3-9-17-14(11)18-10-4-7-13(18)12-6-1-2-8-16-12/h1-3,5-6,8-9,13H,4,7,10H2,(H,19,20)/t13-/m0/s1. The van der Waals surface area contributed by atoms with Gasteiger partial charge in [-0.1, -0.05) is 6.07 Å². The van der Waals surface area contributed by atoms with Gasteiger partial charge in [-0.15, -0.1) is 0 Å².